The van der Waals surface area contributed by atoms with E-state index in [0.717, 1.165) is 27.1 Å². The van der Waals surface area contributed by atoms with Crippen LogP contribution in [0.2, 0.25) is 0 Å². The average Bonchev–Trinajstić information content (AvgIpc) is 3.05. The quantitative estimate of drug-likeness (QED) is 0.340. The summed E-state index contributed by atoms with van der Waals surface area (Å²) in [5.41, 5.74) is 5.95. The number of methoxy groups -OCH3 is 1. The third kappa shape index (κ3) is 6.02. The highest BCUT2D eigenvalue weighted by Crippen LogP contribution is 2.41. The van der Waals surface area contributed by atoms with E-state index in [9.17, 15) is 22.8 Å². The highest BCUT2D eigenvalue weighted by Gasteiger charge is 2.51. The molecule has 1 aliphatic rings. The molecule has 3 aromatic rings. The van der Waals surface area contributed by atoms with Crippen LogP contribution in [0.25, 0.3) is 10.8 Å². The van der Waals surface area contributed by atoms with Crippen molar-refractivity contribution in [2.45, 2.75) is 32.4 Å². The molecule has 1 heterocycles. The zero-order chi connectivity index (χ0) is 30.8. The van der Waals surface area contributed by atoms with Gasteiger partial charge in [-0.25, -0.2) is 8.42 Å². The number of nitrogens with zero attached hydrogens (tertiary/aromatic N) is 2. The highest BCUT2D eigenvalue weighted by atomic mass is 79.9. The number of anilines is 2. The Morgan fingerprint density at radius 2 is 1.81 bits per heavy atom. The summed E-state index contributed by atoms with van der Waals surface area (Å²) in [7, 11) is -2.15. The van der Waals surface area contributed by atoms with Crippen molar-refractivity contribution in [3.05, 3.63) is 64.6 Å². The Balaban J connectivity index is 1.99. The first-order valence-corrected chi connectivity index (χ1v) is 16.4. The number of likely N-dealkylation sites (N-methyl/N-ethyl adjacent to an activating group) is 1. The van der Waals surface area contributed by atoms with E-state index in [1.165, 1.54) is 9.80 Å². The lowest BCUT2D eigenvalue weighted by atomic mass is 9.79. The van der Waals surface area contributed by atoms with E-state index in [4.69, 9.17) is 10.5 Å². The van der Waals surface area contributed by atoms with Gasteiger partial charge in [-0.2, -0.15) is 0 Å². The van der Waals surface area contributed by atoms with E-state index in [1.807, 2.05) is 30.3 Å². The molecule has 12 heteroatoms. The number of carbonyl (C=O) groups excluding carboxylic acids is 3. The van der Waals surface area contributed by atoms with Crippen molar-refractivity contribution >= 4 is 65.6 Å². The summed E-state index contributed by atoms with van der Waals surface area (Å²) in [6.45, 7) is 3.68. The van der Waals surface area contributed by atoms with E-state index in [2.05, 4.69) is 21.2 Å². The SMILES string of the molecule is CCNC(CC)(C(N)=O)[C@@H]1CN(C(=O)CS(C)(=O)=O)c2ccccc2N(Cc2c(OC)ccc3cc(Br)ccc23)C1=O. The van der Waals surface area contributed by atoms with Gasteiger partial charge < -0.3 is 25.6 Å². The molecule has 224 valence electrons. The molecule has 3 aromatic carbocycles. The van der Waals surface area contributed by atoms with Gasteiger partial charge >= 0.3 is 0 Å². The molecule has 0 fully saturated rings. The van der Waals surface area contributed by atoms with E-state index in [0.29, 0.717) is 23.7 Å². The Bertz CT molecular complexity index is 1650. The smallest absolute Gasteiger partial charge is 0.242 e. The van der Waals surface area contributed by atoms with Crippen LogP contribution in [-0.2, 0) is 30.8 Å². The van der Waals surface area contributed by atoms with Crippen LogP contribution in [0.4, 0.5) is 11.4 Å². The maximum Gasteiger partial charge on any atom is 0.242 e. The predicted molar refractivity (Wildman–Crippen MR) is 167 cm³/mol. The Hall–Kier alpha value is -3.48. The number of hydrogen-bond donors (Lipinski definition) is 2. The fraction of sp³-hybridized carbons (Fsp3) is 0.367. The molecule has 1 unspecified atom stereocenters. The van der Waals surface area contributed by atoms with Crippen molar-refractivity contribution in [1.82, 2.24) is 5.32 Å². The van der Waals surface area contributed by atoms with E-state index < -0.39 is 44.8 Å². The van der Waals surface area contributed by atoms with Crippen LogP contribution in [0.1, 0.15) is 25.8 Å². The van der Waals surface area contributed by atoms with Gasteiger partial charge in [0.05, 0.1) is 30.9 Å². The second-order valence-corrected chi connectivity index (χ2v) is 13.4. The molecule has 0 aliphatic carbocycles. The van der Waals surface area contributed by atoms with Gasteiger partial charge in [-0.15, -0.1) is 0 Å². The molecular weight excluding hydrogens is 624 g/mol. The van der Waals surface area contributed by atoms with Crippen molar-refractivity contribution in [2.24, 2.45) is 11.7 Å². The van der Waals surface area contributed by atoms with E-state index >= 15 is 0 Å². The second kappa shape index (κ2) is 12.4. The number of hydrogen-bond acceptors (Lipinski definition) is 7. The topological polar surface area (TPSA) is 139 Å². The molecule has 3 amide bonds. The van der Waals surface area contributed by atoms with Crippen molar-refractivity contribution in [3.63, 3.8) is 0 Å². The van der Waals surface area contributed by atoms with Crippen molar-refractivity contribution < 1.29 is 27.5 Å². The lowest BCUT2D eigenvalue weighted by Crippen LogP contribution is -2.65. The summed E-state index contributed by atoms with van der Waals surface area (Å²) in [5.74, 6) is -3.21. The number of rotatable bonds is 10. The standard InChI is InChI=1S/C30H35BrN4O6S/c1-5-30(29(32)38,33-6-2)23-17-34(27(36)18-42(4,39)40)24-9-7-8-10-25(24)35(28(23)37)16-22-21-13-12-20(31)15-19(21)11-14-26(22)41-3/h7-15,23,33H,5-6,16-18H2,1-4H3,(H2,32,38)/t23-,30?/m1/s1. The zero-order valence-corrected chi connectivity index (χ0v) is 26.4. The number of primary amides is 1. The molecular formula is C30H35BrN4O6S. The molecule has 0 saturated heterocycles. The first-order chi connectivity index (χ1) is 19.9. The Labute approximate surface area is 254 Å². The Kier molecular flexibility index (Phi) is 9.29. The van der Waals surface area contributed by atoms with Gasteiger partial charge in [-0.1, -0.05) is 54.0 Å². The van der Waals surface area contributed by atoms with Crippen molar-refractivity contribution in [1.29, 1.82) is 0 Å². The van der Waals surface area contributed by atoms with Crippen LogP contribution in [0.5, 0.6) is 5.75 Å². The van der Waals surface area contributed by atoms with E-state index in [1.54, 1.807) is 45.2 Å². The molecule has 0 spiro atoms. The number of nitrogens with one attached hydrogen (secondary N) is 1. The third-order valence-corrected chi connectivity index (χ3v) is 9.01. The molecule has 0 saturated carbocycles. The van der Waals surface area contributed by atoms with Crippen LogP contribution in [0.3, 0.4) is 0 Å². The Morgan fingerprint density at radius 1 is 1.12 bits per heavy atom. The summed E-state index contributed by atoms with van der Waals surface area (Å²) < 4.78 is 31.0. The number of benzene rings is 3. The number of para-hydroxylation sites is 2. The van der Waals surface area contributed by atoms with Crippen LogP contribution in [-0.4, -0.2) is 63.9 Å². The molecule has 1 aliphatic heterocycles. The summed E-state index contributed by atoms with van der Waals surface area (Å²) in [6.07, 6.45) is 1.14. The lowest BCUT2D eigenvalue weighted by molar-refractivity contribution is -0.135. The maximum absolute atomic E-state index is 14.7. The highest BCUT2D eigenvalue weighted by molar-refractivity contribution is 9.10. The number of nitrogens with two attached hydrogens (primary N) is 1. The average molecular weight is 660 g/mol. The first kappa shape index (κ1) is 31.5. The number of fused-ring (bicyclic) bond motifs is 2. The van der Waals surface area contributed by atoms with Crippen LogP contribution in [0.15, 0.2) is 59.1 Å². The maximum atomic E-state index is 14.7. The number of sulfone groups is 1. The van der Waals surface area contributed by atoms with Gasteiger partial charge in [0.25, 0.3) is 0 Å². The molecule has 4 rings (SSSR count). The fourth-order valence-corrected chi connectivity index (χ4v) is 6.74. The third-order valence-electron chi connectivity index (χ3n) is 7.75. The minimum atomic E-state index is -3.70. The lowest BCUT2D eigenvalue weighted by Gasteiger charge is -2.39. The molecule has 2 atom stereocenters. The summed E-state index contributed by atoms with van der Waals surface area (Å²) in [6, 6.07) is 16.4. The summed E-state index contributed by atoms with van der Waals surface area (Å²) >= 11 is 3.51. The minimum Gasteiger partial charge on any atom is -0.496 e. The predicted octanol–water partition coefficient (Wildman–Crippen LogP) is 3.40. The van der Waals surface area contributed by atoms with Crippen molar-refractivity contribution in [3.8, 4) is 5.75 Å². The van der Waals surface area contributed by atoms with Gasteiger partial charge in [0.1, 0.15) is 17.0 Å². The minimum absolute atomic E-state index is 0.0489. The molecule has 0 bridgehead atoms. The number of carbonyl (C=O) groups is 3. The van der Waals surface area contributed by atoms with Crippen molar-refractivity contribution in [2.75, 3.05) is 42.0 Å². The molecule has 10 nitrogen and oxygen atoms in total. The fourth-order valence-electron chi connectivity index (χ4n) is 5.76. The zero-order valence-electron chi connectivity index (χ0n) is 24.0. The normalized spacial score (nSPS) is 17.0. The number of amides is 3. The van der Waals surface area contributed by atoms with Gasteiger partial charge in [0.2, 0.25) is 17.7 Å². The monoisotopic (exact) mass is 658 g/mol. The molecule has 3 N–H and O–H groups in total. The van der Waals surface area contributed by atoms with Crippen LogP contribution < -0.4 is 25.6 Å². The van der Waals surface area contributed by atoms with E-state index in [-0.39, 0.29) is 19.5 Å². The second-order valence-electron chi connectivity index (χ2n) is 10.4. The molecule has 42 heavy (non-hydrogen) atoms. The van der Waals surface area contributed by atoms with Gasteiger partial charge in [-0.05, 0) is 54.1 Å². The molecule has 0 radical (unpaired) electrons. The van der Waals surface area contributed by atoms with Crippen LogP contribution >= 0.6 is 15.9 Å². The molecule has 0 aromatic heterocycles. The summed E-state index contributed by atoms with van der Waals surface area (Å²) in [4.78, 5) is 44.2. The van der Waals surface area contributed by atoms with Crippen LogP contribution in [0, 0.1) is 5.92 Å². The Morgan fingerprint density at radius 3 is 2.40 bits per heavy atom. The number of ether oxygens (including phenoxy) is 1. The largest absolute Gasteiger partial charge is 0.496 e. The van der Waals surface area contributed by atoms with Gasteiger partial charge in [0, 0.05) is 22.8 Å². The number of halogens is 1. The first-order valence-electron chi connectivity index (χ1n) is 13.5. The summed E-state index contributed by atoms with van der Waals surface area (Å²) in [5, 5.41) is 4.92. The van der Waals surface area contributed by atoms with Gasteiger partial charge in [-0.3, -0.25) is 14.4 Å². The van der Waals surface area contributed by atoms with Gasteiger partial charge in [0.15, 0.2) is 9.84 Å².